The predicted molar refractivity (Wildman–Crippen MR) is 87.6 cm³/mol. The molecule has 0 aliphatic carbocycles. The second-order valence-corrected chi connectivity index (χ2v) is 6.27. The van der Waals surface area contributed by atoms with Crippen molar-refractivity contribution < 1.29 is 4.79 Å². The molecule has 1 fully saturated rings. The number of hydrogen-bond acceptors (Lipinski definition) is 2. The van der Waals surface area contributed by atoms with E-state index in [1.54, 1.807) is 0 Å². The van der Waals surface area contributed by atoms with Crippen LogP contribution < -0.4 is 5.32 Å². The lowest BCUT2D eigenvalue weighted by Crippen LogP contribution is -2.40. The number of rotatable bonds is 6. The maximum Gasteiger partial charge on any atom is 0.220 e. The van der Waals surface area contributed by atoms with E-state index in [2.05, 4.69) is 17.1 Å². The van der Waals surface area contributed by atoms with Gasteiger partial charge in [0.1, 0.15) is 0 Å². The molecule has 21 heavy (non-hydrogen) atoms. The van der Waals surface area contributed by atoms with Crippen LogP contribution in [0.3, 0.4) is 0 Å². The van der Waals surface area contributed by atoms with Gasteiger partial charge in [0.05, 0.1) is 0 Å². The van der Waals surface area contributed by atoms with Gasteiger partial charge in [0, 0.05) is 24.5 Å². The van der Waals surface area contributed by atoms with Crippen LogP contribution in [-0.4, -0.2) is 37.0 Å². The van der Waals surface area contributed by atoms with Crippen LogP contribution in [0.25, 0.3) is 0 Å². The largest absolute Gasteiger partial charge is 0.356 e. The molecule has 1 atom stereocenters. The molecule has 3 nitrogen and oxygen atoms in total. The third-order valence-corrected chi connectivity index (χ3v) is 4.40. The predicted octanol–water partition coefficient (Wildman–Crippen LogP) is 3.12. The van der Waals surface area contributed by atoms with Gasteiger partial charge in [-0.2, -0.15) is 0 Å². The van der Waals surface area contributed by atoms with Crippen LogP contribution >= 0.6 is 11.6 Å². The number of hydrogen-bond donors (Lipinski definition) is 1. The molecule has 1 aromatic carbocycles. The minimum absolute atomic E-state index is 0.142. The van der Waals surface area contributed by atoms with Crippen molar-refractivity contribution in [1.29, 1.82) is 0 Å². The molecule has 4 heteroatoms. The maximum atomic E-state index is 11.9. The Hall–Kier alpha value is -1.06. The zero-order valence-electron chi connectivity index (χ0n) is 12.8. The van der Waals surface area contributed by atoms with E-state index in [0.717, 1.165) is 36.6 Å². The van der Waals surface area contributed by atoms with Gasteiger partial charge < -0.3 is 10.2 Å². The first-order chi connectivity index (χ1) is 10.2. The number of halogens is 1. The fourth-order valence-corrected chi connectivity index (χ4v) is 3.11. The third-order valence-electron chi connectivity index (χ3n) is 4.17. The molecular weight excluding hydrogens is 284 g/mol. The molecule has 0 spiro atoms. The van der Waals surface area contributed by atoms with Gasteiger partial charge in [-0.1, -0.05) is 30.7 Å². The minimum Gasteiger partial charge on any atom is -0.356 e. The maximum absolute atomic E-state index is 11.9. The van der Waals surface area contributed by atoms with Crippen LogP contribution in [0, 0.1) is 5.92 Å². The summed E-state index contributed by atoms with van der Waals surface area (Å²) in [5.41, 5.74) is 1.12. The first-order valence-electron chi connectivity index (χ1n) is 7.91. The van der Waals surface area contributed by atoms with Gasteiger partial charge >= 0.3 is 0 Å². The highest BCUT2D eigenvalue weighted by Gasteiger charge is 2.18. The lowest BCUT2D eigenvalue weighted by molar-refractivity contribution is -0.121. The number of benzene rings is 1. The average Bonchev–Trinajstić information content (AvgIpc) is 2.51. The van der Waals surface area contributed by atoms with Crippen molar-refractivity contribution >= 4 is 17.5 Å². The molecule has 0 aromatic heterocycles. The normalized spacial score (nSPS) is 19.4. The molecule has 1 N–H and O–H groups in total. The van der Waals surface area contributed by atoms with Crippen molar-refractivity contribution in [3.05, 3.63) is 34.9 Å². The highest BCUT2D eigenvalue weighted by molar-refractivity contribution is 6.30. The Morgan fingerprint density at radius 3 is 3.10 bits per heavy atom. The Kier molecular flexibility index (Phi) is 6.52. The fraction of sp³-hybridized carbons (Fsp3) is 0.588. The van der Waals surface area contributed by atoms with Gasteiger partial charge in [0.15, 0.2) is 0 Å². The van der Waals surface area contributed by atoms with Crippen molar-refractivity contribution in [3.63, 3.8) is 0 Å². The van der Waals surface area contributed by atoms with Gasteiger partial charge in [-0.05, 0) is 56.0 Å². The van der Waals surface area contributed by atoms with Crippen molar-refractivity contribution in [1.82, 2.24) is 10.2 Å². The number of amides is 1. The SMILES string of the molecule is CCN1CCCC(CNC(=O)CCc2cccc(Cl)c2)C1. The number of nitrogens with one attached hydrogen (secondary N) is 1. The van der Waals surface area contributed by atoms with Gasteiger partial charge in [-0.15, -0.1) is 0 Å². The Morgan fingerprint density at radius 1 is 1.48 bits per heavy atom. The van der Waals surface area contributed by atoms with Crippen molar-refractivity contribution in [2.24, 2.45) is 5.92 Å². The molecule has 1 amide bonds. The van der Waals surface area contributed by atoms with Crippen LogP contribution in [0.2, 0.25) is 5.02 Å². The van der Waals surface area contributed by atoms with E-state index in [0.29, 0.717) is 12.3 Å². The van der Waals surface area contributed by atoms with Crippen molar-refractivity contribution in [2.45, 2.75) is 32.6 Å². The fourth-order valence-electron chi connectivity index (χ4n) is 2.90. The molecule has 0 saturated carbocycles. The summed E-state index contributed by atoms with van der Waals surface area (Å²) in [6, 6.07) is 7.72. The highest BCUT2D eigenvalue weighted by Crippen LogP contribution is 2.15. The molecule has 1 aliphatic heterocycles. The number of carbonyl (C=O) groups excluding carboxylic acids is 1. The van der Waals surface area contributed by atoms with E-state index >= 15 is 0 Å². The van der Waals surface area contributed by atoms with Gasteiger partial charge in [-0.25, -0.2) is 0 Å². The van der Waals surface area contributed by atoms with Crippen molar-refractivity contribution in [2.75, 3.05) is 26.2 Å². The molecule has 1 heterocycles. The Bertz CT molecular complexity index is 464. The van der Waals surface area contributed by atoms with Crippen LogP contribution in [0.1, 0.15) is 31.7 Å². The van der Waals surface area contributed by atoms with E-state index in [9.17, 15) is 4.79 Å². The Balaban J connectivity index is 1.67. The standard InChI is InChI=1S/C17H25ClN2O/c1-2-20-10-4-6-15(13-20)12-19-17(21)9-8-14-5-3-7-16(18)11-14/h3,5,7,11,15H,2,4,6,8-10,12-13H2,1H3,(H,19,21). The summed E-state index contributed by atoms with van der Waals surface area (Å²) >= 11 is 5.95. The van der Waals surface area contributed by atoms with E-state index in [-0.39, 0.29) is 5.91 Å². The van der Waals surface area contributed by atoms with Crippen LogP contribution in [-0.2, 0) is 11.2 Å². The third kappa shape index (κ3) is 5.68. The molecule has 1 saturated heterocycles. The number of carbonyl (C=O) groups is 1. The second kappa shape index (κ2) is 8.40. The summed E-state index contributed by atoms with van der Waals surface area (Å²) in [5.74, 6) is 0.748. The smallest absolute Gasteiger partial charge is 0.220 e. The molecule has 1 aliphatic rings. The number of nitrogens with zero attached hydrogens (tertiary/aromatic N) is 1. The summed E-state index contributed by atoms with van der Waals surface area (Å²) in [5, 5.41) is 3.81. The van der Waals surface area contributed by atoms with E-state index in [4.69, 9.17) is 11.6 Å². The Labute approximate surface area is 132 Å². The molecule has 1 aromatic rings. The minimum atomic E-state index is 0.142. The summed E-state index contributed by atoms with van der Waals surface area (Å²) in [6.07, 6.45) is 3.75. The van der Waals surface area contributed by atoms with Crippen molar-refractivity contribution in [3.8, 4) is 0 Å². The zero-order valence-corrected chi connectivity index (χ0v) is 13.5. The summed E-state index contributed by atoms with van der Waals surface area (Å²) in [7, 11) is 0. The first-order valence-corrected chi connectivity index (χ1v) is 8.28. The zero-order chi connectivity index (χ0) is 15.1. The van der Waals surface area contributed by atoms with E-state index in [1.807, 2.05) is 24.3 Å². The van der Waals surface area contributed by atoms with Crippen LogP contribution in [0.5, 0.6) is 0 Å². The average molecular weight is 309 g/mol. The lowest BCUT2D eigenvalue weighted by Gasteiger charge is -2.31. The number of piperidine rings is 1. The molecule has 0 bridgehead atoms. The summed E-state index contributed by atoms with van der Waals surface area (Å²) in [6.45, 7) is 6.44. The summed E-state index contributed by atoms with van der Waals surface area (Å²) < 4.78 is 0. The number of likely N-dealkylation sites (tertiary alicyclic amines) is 1. The molecule has 0 radical (unpaired) electrons. The highest BCUT2D eigenvalue weighted by atomic mass is 35.5. The van der Waals surface area contributed by atoms with E-state index in [1.165, 1.54) is 19.4 Å². The molecule has 116 valence electrons. The van der Waals surface area contributed by atoms with Gasteiger partial charge in [0.2, 0.25) is 5.91 Å². The topological polar surface area (TPSA) is 32.3 Å². The van der Waals surface area contributed by atoms with Crippen LogP contribution in [0.4, 0.5) is 0 Å². The van der Waals surface area contributed by atoms with Crippen LogP contribution in [0.15, 0.2) is 24.3 Å². The monoisotopic (exact) mass is 308 g/mol. The molecule has 1 unspecified atom stereocenters. The van der Waals surface area contributed by atoms with Gasteiger partial charge in [0.25, 0.3) is 0 Å². The molecule has 2 rings (SSSR count). The Morgan fingerprint density at radius 2 is 2.33 bits per heavy atom. The van der Waals surface area contributed by atoms with Gasteiger partial charge in [-0.3, -0.25) is 4.79 Å². The lowest BCUT2D eigenvalue weighted by atomic mass is 9.98. The quantitative estimate of drug-likeness (QED) is 0.875. The van der Waals surface area contributed by atoms with E-state index < -0.39 is 0 Å². The molecular formula is C17H25ClN2O. The first kappa shape index (κ1) is 16.3. The summed E-state index contributed by atoms with van der Waals surface area (Å²) in [4.78, 5) is 14.4. The second-order valence-electron chi connectivity index (χ2n) is 5.84. The number of aryl methyl sites for hydroxylation is 1.